The van der Waals surface area contributed by atoms with Gasteiger partial charge in [0.05, 0.1) is 16.8 Å². The Morgan fingerprint density at radius 3 is 2.94 bits per heavy atom. The second-order valence-corrected chi connectivity index (χ2v) is 4.68. The Morgan fingerprint density at radius 1 is 1.53 bits per heavy atom. The summed E-state index contributed by atoms with van der Waals surface area (Å²) >= 11 is 3.14. The summed E-state index contributed by atoms with van der Waals surface area (Å²) < 4.78 is 15.3. The number of rotatable bonds is 3. The van der Waals surface area contributed by atoms with Crippen molar-refractivity contribution in [1.82, 2.24) is 9.78 Å². The summed E-state index contributed by atoms with van der Waals surface area (Å²) in [6.07, 6.45) is 3.19. The molecule has 0 aliphatic heterocycles. The van der Waals surface area contributed by atoms with Crippen molar-refractivity contribution in [3.63, 3.8) is 0 Å². The van der Waals surface area contributed by atoms with Crippen LogP contribution in [-0.2, 0) is 13.5 Å². The summed E-state index contributed by atoms with van der Waals surface area (Å²) in [6.45, 7) is 0. The van der Waals surface area contributed by atoms with Crippen LogP contribution in [0.5, 0.6) is 0 Å². The van der Waals surface area contributed by atoms with E-state index in [1.54, 1.807) is 23.0 Å². The first-order valence-corrected chi connectivity index (χ1v) is 5.96. The molecule has 2 aromatic rings. The first kappa shape index (κ1) is 12.3. The van der Waals surface area contributed by atoms with Crippen LogP contribution in [-0.4, -0.2) is 14.9 Å². The van der Waals surface area contributed by atoms with E-state index in [1.807, 2.05) is 13.2 Å². The van der Waals surface area contributed by atoms with Crippen LogP contribution in [0.15, 0.2) is 35.1 Å². The zero-order valence-corrected chi connectivity index (χ0v) is 10.9. The molecule has 0 saturated heterocycles. The average Bonchev–Trinajstić information content (AvgIpc) is 2.68. The molecule has 0 amide bonds. The molecule has 1 heterocycles. The molecule has 1 aromatic heterocycles. The fourth-order valence-corrected chi connectivity index (χ4v) is 2.22. The largest absolute Gasteiger partial charge is 0.388 e. The lowest BCUT2D eigenvalue weighted by atomic mass is 10.0. The first-order valence-electron chi connectivity index (χ1n) is 5.17. The molecule has 17 heavy (non-hydrogen) atoms. The first-order chi connectivity index (χ1) is 8.08. The Kier molecular flexibility index (Phi) is 3.59. The quantitative estimate of drug-likeness (QED) is 0.946. The third-order valence-corrected chi connectivity index (χ3v) is 3.36. The average molecular weight is 299 g/mol. The van der Waals surface area contributed by atoms with Gasteiger partial charge in [0.15, 0.2) is 0 Å². The Morgan fingerprint density at radius 2 is 2.29 bits per heavy atom. The van der Waals surface area contributed by atoms with Gasteiger partial charge in [0.2, 0.25) is 0 Å². The van der Waals surface area contributed by atoms with E-state index in [0.29, 0.717) is 16.5 Å². The highest BCUT2D eigenvalue weighted by Crippen LogP contribution is 2.28. The van der Waals surface area contributed by atoms with Crippen molar-refractivity contribution < 1.29 is 9.50 Å². The standard InChI is InChI=1S/C12H12BrFN2O/c1-16-7-8(6-15-16)5-11(17)9-3-2-4-10(14)12(9)13/h2-4,6-7,11,17H,5H2,1H3. The van der Waals surface area contributed by atoms with Crippen molar-refractivity contribution in [3.8, 4) is 0 Å². The van der Waals surface area contributed by atoms with Crippen LogP contribution >= 0.6 is 15.9 Å². The minimum absolute atomic E-state index is 0.316. The SMILES string of the molecule is Cn1cc(CC(O)c2cccc(F)c2Br)cn1. The van der Waals surface area contributed by atoms with Crippen LogP contribution < -0.4 is 0 Å². The highest BCUT2D eigenvalue weighted by atomic mass is 79.9. The third kappa shape index (κ3) is 2.73. The molecule has 0 bridgehead atoms. The van der Waals surface area contributed by atoms with Gasteiger partial charge < -0.3 is 5.11 Å². The lowest BCUT2D eigenvalue weighted by molar-refractivity contribution is 0.177. The van der Waals surface area contributed by atoms with Crippen LogP contribution in [0, 0.1) is 5.82 Å². The predicted octanol–water partition coefficient (Wildman–Crippen LogP) is 2.60. The molecular weight excluding hydrogens is 287 g/mol. The van der Waals surface area contributed by atoms with E-state index in [-0.39, 0.29) is 5.82 Å². The minimum atomic E-state index is -0.746. The van der Waals surface area contributed by atoms with E-state index in [9.17, 15) is 9.50 Å². The van der Waals surface area contributed by atoms with Crippen molar-refractivity contribution in [3.05, 3.63) is 52.0 Å². The van der Waals surface area contributed by atoms with Crippen molar-refractivity contribution in [2.75, 3.05) is 0 Å². The summed E-state index contributed by atoms with van der Waals surface area (Å²) in [5, 5.41) is 14.1. The third-order valence-electron chi connectivity index (χ3n) is 2.53. The van der Waals surface area contributed by atoms with E-state index in [1.165, 1.54) is 6.07 Å². The number of benzene rings is 1. The van der Waals surface area contributed by atoms with Gasteiger partial charge in [-0.1, -0.05) is 12.1 Å². The molecule has 0 spiro atoms. The van der Waals surface area contributed by atoms with E-state index < -0.39 is 6.10 Å². The van der Waals surface area contributed by atoms with Gasteiger partial charge >= 0.3 is 0 Å². The molecule has 3 nitrogen and oxygen atoms in total. The lowest BCUT2D eigenvalue weighted by Gasteiger charge is -2.12. The number of aliphatic hydroxyl groups excluding tert-OH is 1. The van der Waals surface area contributed by atoms with Gasteiger partial charge in [-0.3, -0.25) is 4.68 Å². The zero-order chi connectivity index (χ0) is 12.4. The van der Waals surface area contributed by atoms with Gasteiger partial charge in [-0.2, -0.15) is 5.10 Å². The molecule has 1 atom stereocenters. The molecule has 2 rings (SSSR count). The van der Waals surface area contributed by atoms with Crippen LogP contribution in [0.2, 0.25) is 0 Å². The van der Waals surface area contributed by atoms with Gasteiger partial charge in [0.25, 0.3) is 0 Å². The van der Waals surface area contributed by atoms with Crippen LogP contribution in [0.25, 0.3) is 0 Å². The Hall–Kier alpha value is -1.20. The van der Waals surface area contributed by atoms with Gasteiger partial charge in [-0.25, -0.2) is 4.39 Å². The molecule has 0 aliphatic rings. The monoisotopic (exact) mass is 298 g/mol. The maximum Gasteiger partial charge on any atom is 0.137 e. The summed E-state index contributed by atoms with van der Waals surface area (Å²) in [5.74, 6) is -0.368. The Balaban J connectivity index is 2.20. The molecule has 5 heteroatoms. The maximum absolute atomic E-state index is 13.3. The smallest absolute Gasteiger partial charge is 0.137 e. The summed E-state index contributed by atoms with van der Waals surface area (Å²) in [6, 6.07) is 4.64. The molecule has 90 valence electrons. The summed E-state index contributed by atoms with van der Waals surface area (Å²) in [5.41, 5.74) is 1.46. The van der Waals surface area contributed by atoms with Crippen LogP contribution in [0.4, 0.5) is 4.39 Å². The number of hydrogen-bond acceptors (Lipinski definition) is 2. The van der Waals surface area contributed by atoms with E-state index in [2.05, 4.69) is 21.0 Å². The van der Waals surface area contributed by atoms with Gasteiger partial charge in [-0.15, -0.1) is 0 Å². The summed E-state index contributed by atoms with van der Waals surface area (Å²) in [4.78, 5) is 0. The molecule has 1 N–H and O–H groups in total. The second-order valence-electron chi connectivity index (χ2n) is 3.89. The highest BCUT2D eigenvalue weighted by Gasteiger charge is 2.15. The van der Waals surface area contributed by atoms with Crippen LogP contribution in [0.1, 0.15) is 17.2 Å². The maximum atomic E-state index is 13.3. The van der Waals surface area contributed by atoms with Crippen molar-refractivity contribution >= 4 is 15.9 Å². The number of halogens is 2. The van der Waals surface area contributed by atoms with Crippen molar-refractivity contribution in [2.24, 2.45) is 7.05 Å². The predicted molar refractivity (Wildman–Crippen MR) is 66.0 cm³/mol. The number of aromatic nitrogens is 2. The molecule has 1 unspecified atom stereocenters. The lowest BCUT2D eigenvalue weighted by Crippen LogP contribution is -2.03. The van der Waals surface area contributed by atoms with E-state index in [0.717, 1.165) is 5.56 Å². The number of aliphatic hydroxyl groups is 1. The van der Waals surface area contributed by atoms with Gasteiger partial charge in [0, 0.05) is 19.7 Å². The topological polar surface area (TPSA) is 38.0 Å². The molecule has 0 saturated carbocycles. The Labute approximate surface area is 107 Å². The number of nitrogens with zero attached hydrogens (tertiary/aromatic N) is 2. The highest BCUT2D eigenvalue weighted by molar-refractivity contribution is 9.10. The molecule has 0 fully saturated rings. The fraction of sp³-hybridized carbons (Fsp3) is 0.250. The normalized spacial score (nSPS) is 12.7. The molecular formula is C12H12BrFN2O. The second kappa shape index (κ2) is 4.98. The van der Waals surface area contributed by atoms with Gasteiger partial charge in [-0.05, 0) is 33.1 Å². The molecule has 1 aromatic carbocycles. The van der Waals surface area contributed by atoms with Crippen LogP contribution in [0.3, 0.4) is 0 Å². The Bertz CT molecular complexity index is 527. The zero-order valence-electron chi connectivity index (χ0n) is 9.27. The van der Waals surface area contributed by atoms with Crippen molar-refractivity contribution in [2.45, 2.75) is 12.5 Å². The number of aryl methyl sites for hydroxylation is 1. The summed E-state index contributed by atoms with van der Waals surface area (Å²) in [7, 11) is 1.81. The molecule has 0 aliphatic carbocycles. The fourth-order valence-electron chi connectivity index (χ4n) is 1.69. The van der Waals surface area contributed by atoms with E-state index >= 15 is 0 Å². The number of hydrogen-bond donors (Lipinski definition) is 1. The van der Waals surface area contributed by atoms with Crippen molar-refractivity contribution in [1.29, 1.82) is 0 Å². The van der Waals surface area contributed by atoms with E-state index in [4.69, 9.17) is 0 Å². The molecule has 0 radical (unpaired) electrons. The minimum Gasteiger partial charge on any atom is -0.388 e. The van der Waals surface area contributed by atoms with Gasteiger partial charge in [0.1, 0.15) is 5.82 Å².